The SMILES string of the molecule is O=S(=O)(CSc1nc2cc(Cl)ccc2[nH]1)Nc1ccc(Oc2cccnc2)cc1. The van der Waals surface area contributed by atoms with Gasteiger partial charge in [-0.2, -0.15) is 0 Å². The lowest BCUT2D eigenvalue weighted by Gasteiger charge is -2.09. The number of anilines is 1. The van der Waals surface area contributed by atoms with E-state index in [2.05, 4.69) is 19.7 Å². The minimum Gasteiger partial charge on any atom is -0.456 e. The molecule has 2 heterocycles. The number of H-pyrrole nitrogens is 1. The Morgan fingerprint density at radius 3 is 2.69 bits per heavy atom. The molecule has 7 nitrogen and oxygen atoms in total. The summed E-state index contributed by atoms with van der Waals surface area (Å²) in [6, 6.07) is 15.5. The van der Waals surface area contributed by atoms with Gasteiger partial charge in [-0.3, -0.25) is 9.71 Å². The number of imidazole rings is 1. The van der Waals surface area contributed by atoms with E-state index >= 15 is 0 Å². The standard InChI is InChI=1S/C19H15ClN4O3S2/c20-13-3-8-17-18(10-13)23-19(22-17)28-12-29(25,26)24-14-4-6-15(7-5-14)27-16-2-1-9-21-11-16/h1-11,24H,12H2,(H,22,23). The second-order valence-corrected chi connectivity index (χ2v) is 9.49. The summed E-state index contributed by atoms with van der Waals surface area (Å²) in [7, 11) is -3.57. The molecule has 0 atom stereocenters. The molecule has 0 unspecified atom stereocenters. The number of rotatable bonds is 7. The molecule has 0 saturated heterocycles. The second-order valence-electron chi connectivity index (χ2n) is 6.00. The van der Waals surface area contributed by atoms with Crippen LogP contribution in [0.4, 0.5) is 5.69 Å². The molecular weight excluding hydrogens is 432 g/mol. The summed E-state index contributed by atoms with van der Waals surface area (Å²) in [6.45, 7) is 0. The molecule has 4 rings (SSSR count). The van der Waals surface area contributed by atoms with Gasteiger partial charge in [-0.05, 0) is 54.6 Å². The van der Waals surface area contributed by atoms with Crippen molar-refractivity contribution < 1.29 is 13.2 Å². The van der Waals surface area contributed by atoms with Crippen molar-refractivity contribution in [2.45, 2.75) is 5.16 Å². The Balaban J connectivity index is 1.37. The number of pyridine rings is 1. The van der Waals surface area contributed by atoms with Crippen molar-refractivity contribution in [2.24, 2.45) is 0 Å². The molecule has 0 aliphatic rings. The third-order valence-electron chi connectivity index (χ3n) is 3.77. The molecule has 10 heteroatoms. The average Bonchev–Trinajstić information content (AvgIpc) is 3.11. The van der Waals surface area contributed by atoms with Gasteiger partial charge in [0.15, 0.2) is 5.16 Å². The van der Waals surface area contributed by atoms with Gasteiger partial charge in [0.2, 0.25) is 10.0 Å². The molecule has 0 radical (unpaired) electrons. The highest BCUT2D eigenvalue weighted by Gasteiger charge is 2.14. The van der Waals surface area contributed by atoms with Crippen molar-refractivity contribution in [1.82, 2.24) is 15.0 Å². The van der Waals surface area contributed by atoms with Gasteiger partial charge in [-0.1, -0.05) is 23.4 Å². The number of sulfonamides is 1. The van der Waals surface area contributed by atoms with Crippen molar-refractivity contribution in [2.75, 3.05) is 9.81 Å². The minimum absolute atomic E-state index is 0.186. The minimum atomic E-state index is -3.57. The number of hydrogen-bond acceptors (Lipinski definition) is 6. The van der Waals surface area contributed by atoms with Crippen LogP contribution >= 0.6 is 23.4 Å². The van der Waals surface area contributed by atoms with E-state index < -0.39 is 10.0 Å². The highest BCUT2D eigenvalue weighted by molar-refractivity contribution is 8.12. The fourth-order valence-electron chi connectivity index (χ4n) is 2.50. The normalized spacial score (nSPS) is 11.5. The number of nitrogens with zero attached hydrogens (tertiary/aromatic N) is 2. The molecule has 0 fully saturated rings. The Kier molecular flexibility index (Phi) is 5.61. The Bertz CT molecular complexity index is 1230. The molecule has 2 N–H and O–H groups in total. The number of thioether (sulfide) groups is 1. The first kappa shape index (κ1) is 19.6. The highest BCUT2D eigenvalue weighted by atomic mass is 35.5. The van der Waals surface area contributed by atoms with Crippen molar-refractivity contribution >= 4 is 50.1 Å². The molecule has 0 saturated carbocycles. The molecule has 0 aliphatic carbocycles. The van der Waals surface area contributed by atoms with Crippen LogP contribution < -0.4 is 9.46 Å². The highest BCUT2D eigenvalue weighted by Crippen LogP contribution is 2.25. The van der Waals surface area contributed by atoms with Crippen molar-refractivity contribution in [1.29, 1.82) is 0 Å². The largest absolute Gasteiger partial charge is 0.456 e. The Hall–Kier alpha value is -2.75. The first-order chi connectivity index (χ1) is 14.0. The fraction of sp³-hybridized carbons (Fsp3) is 0.0526. The molecular formula is C19H15ClN4O3S2. The average molecular weight is 447 g/mol. The van der Waals surface area contributed by atoms with E-state index in [-0.39, 0.29) is 5.08 Å². The maximum Gasteiger partial charge on any atom is 0.242 e. The first-order valence-electron chi connectivity index (χ1n) is 8.43. The summed E-state index contributed by atoms with van der Waals surface area (Å²) in [5.74, 6) is 1.18. The third-order valence-corrected chi connectivity index (χ3v) is 6.73. The van der Waals surface area contributed by atoms with Crippen molar-refractivity contribution in [3.63, 3.8) is 0 Å². The number of aromatic amines is 1. The van der Waals surface area contributed by atoms with Crippen LogP contribution in [0.15, 0.2) is 72.1 Å². The van der Waals surface area contributed by atoms with Gasteiger partial charge in [0.1, 0.15) is 16.6 Å². The van der Waals surface area contributed by atoms with E-state index in [1.165, 1.54) is 0 Å². The van der Waals surface area contributed by atoms with E-state index in [0.717, 1.165) is 17.3 Å². The molecule has 148 valence electrons. The number of nitrogens with one attached hydrogen (secondary N) is 2. The zero-order valence-electron chi connectivity index (χ0n) is 14.9. The maximum atomic E-state index is 12.4. The Morgan fingerprint density at radius 2 is 1.93 bits per heavy atom. The van der Waals surface area contributed by atoms with E-state index in [9.17, 15) is 8.42 Å². The molecule has 0 spiro atoms. The predicted molar refractivity (Wildman–Crippen MR) is 115 cm³/mol. The summed E-state index contributed by atoms with van der Waals surface area (Å²) in [5, 5.41) is 0.896. The fourth-order valence-corrected chi connectivity index (χ4v) is 4.81. The third kappa shape index (κ3) is 5.20. The van der Waals surface area contributed by atoms with Gasteiger partial charge in [-0.25, -0.2) is 13.4 Å². The molecule has 29 heavy (non-hydrogen) atoms. The van der Waals surface area contributed by atoms with Crippen molar-refractivity contribution in [3.05, 3.63) is 72.0 Å². The number of halogens is 1. The van der Waals surface area contributed by atoms with Gasteiger partial charge in [0.05, 0.1) is 17.2 Å². The van der Waals surface area contributed by atoms with Crippen LogP contribution in [0.2, 0.25) is 5.02 Å². The quantitative estimate of drug-likeness (QED) is 0.392. The molecule has 0 bridgehead atoms. The lowest BCUT2D eigenvalue weighted by atomic mass is 10.3. The maximum absolute atomic E-state index is 12.4. The lowest BCUT2D eigenvalue weighted by Crippen LogP contribution is -2.14. The Labute approximate surface area is 176 Å². The monoisotopic (exact) mass is 446 g/mol. The summed E-state index contributed by atoms with van der Waals surface area (Å²) < 4.78 is 33.0. The Morgan fingerprint density at radius 1 is 1.10 bits per heavy atom. The van der Waals surface area contributed by atoms with Crippen molar-refractivity contribution in [3.8, 4) is 11.5 Å². The summed E-state index contributed by atoms with van der Waals surface area (Å²) in [6.07, 6.45) is 3.25. The number of ether oxygens (including phenoxy) is 1. The van der Waals surface area contributed by atoms with Gasteiger partial charge >= 0.3 is 0 Å². The van der Waals surface area contributed by atoms with E-state index in [4.69, 9.17) is 16.3 Å². The van der Waals surface area contributed by atoms with E-state index in [1.807, 2.05) is 0 Å². The molecule has 0 aliphatic heterocycles. The van der Waals surface area contributed by atoms with Crippen LogP contribution in [-0.4, -0.2) is 28.5 Å². The molecule has 2 aromatic carbocycles. The van der Waals surface area contributed by atoms with Crippen LogP contribution in [0.1, 0.15) is 0 Å². The van der Waals surface area contributed by atoms with Gasteiger partial charge in [0, 0.05) is 16.9 Å². The smallest absolute Gasteiger partial charge is 0.242 e. The van der Waals surface area contributed by atoms with Crippen LogP contribution in [0.25, 0.3) is 11.0 Å². The zero-order valence-corrected chi connectivity index (χ0v) is 17.3. The van der Waals surface area contributed by atoms with Crippen LogP contribution in [0.3, 0.4) is 0 Å². The molecule has 2 aromatic heterocycles. The van der Waals surface area contributed by atoms with Gasteiger partial charge in [0.25, 0.3) is 0 Å². The zero-order chi connectivity index (χ0) is 20.3. The second kappa shape index (κ2) is 8.32. The van der Waals surface area contributed by atoms with Gasteiger partial charge < -0.3 is 9.72 Å². The number of hydrogen-bond donors (Lipinski definition) is 2. The summed E-state index contributed by atoms with van der Waals surface area (Å²) in [5.41, 5.74) is 1.93. The molecule has 0 amide bonds. The van der Waals surface area contributed by atoms with Crippen LogP contribution in [0, 0.1) is 0 Å². The first-order valence-corrected chi connectivity index (χ1v) is 11.4. The lowest BCUT2D eigenvalue weighted by molar-refractivity contribution is 0.480. The van der Waals surface area contributed by atoms with E-state index in [0.29, 0.717) is 32.9 Å². The van der Waals surface area contributed by atoms with Gasteiger partial charge in [-0.15, -0.1) is 0 Å². The number of aromatic nitrogens is 3. The molecule has 4 aromatic rings. The van der Waals surface area contributed by atoms with Crippen LogP contribution in [-0.2, 0) is 10.0 Å². The predicted octanol–water partition coefficient (Wildman–Crippen LogP) is 4.90. The number of benzene rings is 2. The van der Waals surface area contributed by atoms with Crippen LogP contribution in [0.5, 0.6) is 11.5 Å². The number of fused-ring (bicyclic) bond motifs is 1. The van der Waals surface area contributed by atoms with E-state index in [1.54, 1.807) is 67.0 Å². The topological polar surface area (TPSA) is 97.0 Å². The summed E-state index contributed by atoms with van der Waals surface area (Å²) >= 11 is 7.04. The summed E-state index contributed by atoms with van der Waals surface area (Å²) in [4.78, 5) is 11.4.